The predicted octanol–water partition coefficient (Wildman–Crippen LogP) is 2.62. The van der Waals surface area contributed by atoms with Crippen molar-refractivity contribution in [3.8, 4) is 0 Å². The number of rotatable bonds is 2. The maximum atomic E-state index is 5.63. The summed E-state index contributed by atoms with van der Waals surface area (Å²) in [4.78, 5) is 0. The van der Waals surface area contributed by atoms with E-state index in [1.807, 2.05) is 0 Å². The number of hydrogen-bond acceptors (Lipinski definition) is 2. The molecule has 1 aromatic carbocycles. The summed E-state index contributed by atoms with van der Waals surface area (Å²) < 4.78 is 6.77. The Labute approximate surface area is 106 Å². The molecule has 1 saturated heterocycles. The van der Waals surface area contributed by atoms with E-state index in [2.05, 4.69) is 52.4 Å². The molecule has 0 bridgehead atoms. The minimum absolute atomic E-state index is 0.213. The van der Waals surface area contributed by atoms with Crippen LogP contribution in [0.3, 0.4) is 0 Å². The van der Waals surface area contributed by atoms with Gasteiger partial charge in [-0.25, -0.2) is 0 Å². The first kappa shape index (κ1) is 12.1. The average Bonchev–Trinajstić information content (AvgIpc) is 2.47. The first-order valence-electron chi connectivity index (χ1n) is 5.71. The lowest BCUT2D eigenvalue weighted by atomic mass is 9.84. The van der Waals surface area contributed by atoms with Crippen LogP contribution >= 0.6 is 15.9 Å². The van der Waals surface area contributed by atoms with Crippen molar-refractivity contribution in [2.75, 3.05) is 26.3 Å². The fourth-order valence-corrected chi connectivity index (χ4v) is 2.38. The molecule has 0 amide bonds. The first-order chi connectivity index (χ1) is 7.68. The third-order valence-corrected chi connectivity index (χ3v) is 3.50. The van der Waals surface area contributed by atoms with Crippen molar-refractivity contribution in [2.24, 2.45) is 5.41 Å². The van der Waals surface area contributed by atoms with Crippen LogP contribution in [-0.4, -0.2) is 26.3 Å². The quantitative estimate of drug-likeness (QED) is 0.901. The standard InChI is InChI=1S/C13H18BrNO/c1-13(9-15-6-7-16-10-13)8-11-2-4-12(14)5-3-11/h2-5,15H,6-10H2,1H3. The summed E-state index contributed by atoms with van der Waals surface area (Å²) in [7, 11) is 0. The van der Waals surface area contributed by atoms with Crippen LogP contribution in [0.2, 0.25) is 0 Å². The molecule has 0 radical (unpaired) electrons. The molecule has 1 aliphatic rings. The summed E-state index contributed by atoms with van der Waals surface area (Å²) in [6, 6.07) is 8.56. The molecule has 3 heteroatoms. The van der Waals surface area contributed by atoms with Crippen LogP contribution < -0.4 is 5.32 Å². The molecular weight excluding hydrogens is 266 g/mol. The molecule has 0 aliphatic carbocycles. The molecule has 2 rings (SSSR count). The predicted molar refractivity (Wildman–Crippen MR) is 69.6 cm³/mol. The van der Waals surface area contributed by atoms with Gasteiger partial charge in [-0.1, -0.05) is 35.0 Å². The normalized spacial score (nSPS) is 26.4. The van der Waals surface area contributed by atoms with Gasteiger partial charge in [0.05, 0.1) is 13.2 Å². The highest BCUT2D eigenvalue weighted by Crippen LogP contribution is 2.24. The summed E-state index contributed by atoms with van der Waals surface area (Å²) in [5.41, 5.74) is 1.59. The Hall–Kier alpha value is -0.380. The second kappa shape index (κ2) is 5.30. The lowest BCUT2D eigenvalue weighted by Gasteiger charge is -2.27. The molecule has 1 fully saturated rings. The summed E-state index contributed by atoms with van der Waals surface area (Å²) >= 11 is 3.46. The fourth-order valence-electron chi connectivity index (χ4n) is 2.11. The van der Waals surface area contributed by atoms with Crippen LogP contribution in [0.5, 0.6) is 0 Å². The van der Waals surface area contributed by atoms with Crippen molar-refractivity contribution in [3.63, 3.8) is 0 Å². The molecule has 0 saturated carbocycles. The molecule has 1 aromatic rings. The van der Waals surface area contributed by atoms with E-state index in [1.165, 1.54) is 5.56 Å². The Morgan fingerprint density at radius 2 is 2.12 bits per heavy atom. The van der Waals surface area contributed by atoms with E-state index in [0.29, 0.717) is 0 Å². The largest absolute Gasteiger partial charge is 0.380 e. The van der Waals surface area contributed by atoms with Crippen molar-refractivity contribution in [3.05, 3.63) is 34.3 Å². The number of ether oxygens (including phenoxy) is 1. The lowest BCUT2D eigenvalue weighted by Crippen LogP contribution is -2.34. The van der Waals surface area contributed by atoms with E-state index >= 15 is 0 Å². The highest BCUT2D eigenvalue weighted by atomic mass is 79.9. The Morgan fingerprint density at radius 3 is 2.88 bits per heavy atom. The van der Waals surface area contributed by atoms with E-state index in [0.717, 1.165) is 37.2 Å². The Bertz CT molecular complexity index is 328. The van der Waals surface area contributed by atoms with Crippen molar-refractivity contribution in [2.45, 2.75) is 13.3 Å². The van der Waals surface area contributed by atoms with Crippen LogP contribution in [0.25, 0.3) is 0 Å². The van der Waals surface area contributed by atoms with Crippen LogP contribution in [-0.2, 0) is 11.2 Å². The van der Waals surface area contributed by atoms with Gasteiger partial charge in [0.2, 0.25) is 0 Å². The molecule has 1 unspecified atom stereocenters. The van der Waals surface area contributed by atoms with Crippen molar-refractivity contribution in [1.29, 1.82) is 0 Å². The van der Waals surface area contributed by atoms with Gasteiger partial charge in [-0.2, -0.15) is 0 Å². The highest BCUT2D eigenvalue weighted by molar-refractivity contribution is 9.10. The first-order valence-corrected chi connectivity index (χ1v) is 6.50. The summed E-state index contributed by atoms with van der Waals surface area (Å²) in [6.07, 6.45) is 1.06. The zero-order valence-corrected chi connectivity index (χ0v) is 11.2. The van der Waals surface area contributed by atoms with Crippen LogP contribution in [0.1, 0.15) is 12.5 Å². The molecule has 0 aromatic heterocycles. The minimum atomic E-state index is 0.213. The maximum absolute atomic E-state index is 5.63. The fraction of sp³-hybridized carbons (Fsp3) is 0.538. The summed E-state index contributed by atoms with van der Waals surface area (Å²) in [6.45, 7) is 5.96. The second-order valence-electron chi connectivity index (χ2n) is 4.84. The highest BCUT2D eigenvalue weighted by Gasteiger charge is 2.26. The van der Waals surface area contributed by atoms with Gasteiger partial charge in [0, 0.05) is 23.0 Å². The molecular formula is C13H18BrNO. The topological polar surface area (TPSA) is 21.3 Å². The molecule has 2 nitrogen and oxygen atoms in total. The van der Waals surface area contributed by atoms with Crippen LogP contribution in [0.4, 0.5) is 0 Å². The smallest absolute Gasteiger partial charge is 0.0591 e. The minimum Gasteiger partial charge on any atom is -0.380 e. The monoisotopic (exact) mass is 283 g/mol. The molecule has 16 heavy (non-hydrogen) atoms. The summed E-state index contributed by atoms with van der Waals surface area (Å²) in [5, 5.41) is 3.44. The SMILES string of the molecule is CC1(Cc2ccc(Br)cc2)CNCCOC1. The molecule has 1 aliphatic heterocycles. The molecule has 0 spiro atoms. The van der Waals surface area contributed by atoms with Crippen molar-refractivity contribution >= 4 is 15.9 Å². The van der Waals surface area contributed by atoms with Gasteiger partial charge in [0.15, 0.2) is 0 Å². The van der Waals surface area contributed by atoms with E-state index in [-0.39, 0.29) is 5.41 Å². The Balaban J connectivity index is 2.04. The van der Waals surface area contributed by atoms with Gasteiger partial charge >= 0.3 is 0 Å². The van der Waals surface area contributed by atoms with Crippen LogP contribution in [0.15, 0.2) is 28.7 Å². The third kappa shape index (κ3) is 3.30. The Morgan fingerprint density at radius 1 is 1.38 bits per heavy atom. The molecule has 1 heterocycles. The van der Waals surface area contributed by atoms with Crippen LogP contribution in [0, 0.1) is 5.41 Å². The third-order valence-electron chi connectivity index (χ3n) is 2.97. The lowest BCUT2D eigenvalue weighted by molar-refractivity contribution is 0.0796. The van der Waals surface area contributed by atoms with Gasteiger partial charge in [0.1, 0.15) is 0 Å². The molecule has 88 valence electrons. The zero-order chi connectivity index (χ0) is 11.4. The molecule has 1 atom stereocenters. The number of benzene rings is 1. The molecule has 1 N–H and O–H groups in total. The van der Waals surface area contributed by atoms with Gasteiger partial charge in [-0.15, -0.1) is 0 Å². The average molecular weight is 284 g/mol. The number of nitrogens with one attached hydrogen (secondary N) is 1. The van der Waals surface area contributed by atoms with Gasteiger partial charge in [0.25, 0.3) is 0 Å². The maximum Gasteiger partial charge on any atom is 0.0591 e. The van der Waals surface area contributed by atoms with E-state index < -0.39 is 0 Å². The summed E-state index contributed by atoms with van der Waals surface area (Å²) in [5.74, 6) is 0. The van der Waals surface area contributed by atoms with Crippen molar-refractivity contribution in [1.82, 2.24) is 5.32 Å². The number of hydrogen-bond donors (Lipinski definition) is 1. The Kier molecular flexibility index (Phi) is 4.00. The van der Waals surface area contributed by atoms with Gasteiger partial charge in [-0.3, -0.25) is 0 Å². The zero-order valence-electron chi connectivity index (χ0n) is 9.63. The van der Waals surface area contributed by atoms with E-state index in [4.69, 9.17) is 4.74 Å². The second-order valence-corrected chi connectivity index (χ2v) is 5.76. The van der Waals surface area contributed by atoms with Gasteiger partial charge in [-0.05, 0) is 24.1 Å². The number of halogens is 1. The van der Waals surface area contributed by atoms with E-state index in [1.54, 1.807) is 0 Å². The van der Waals surface area contributed by atoms with E-state index in [9.17, 15) is 0 Å². The van der Waals surface area contributed by atoms with Crippen molar-refractivity contribution < 1.29 is 4.74 Å². The van der Waals surface area contributed by atoms with Gasteiger partial charge < -0.3 is 10.1 Å².